The molecule has 0 fully saturated rings. The second-order valence-corrected chi connectivity index (χ2v) is 8.03. The van der Waals surface area contributed by atoms with E-state index < -0.39 is 20.9 Å². The highest BCUT2D eigenvalue weighted by atomic mass is 32.2. The molecule has 0 saturated carbocycles. The molecule has 3 rings (SSSR count). The van der Waals surface area contributed by atoms with Gasteiger partial charge >= 0.3 is 0 Å². The molecule has 1 N–H and O–H groups in total. The van der Waals surface area contributed by atoms with Crippen LogP contribution in [-0.4, -0.2) is 26.3 Å². The first-order valence-electron chi connectivity index (χ1n) is 8.49. The van der Waals surface area contributed by atoms with E-state index in [9.17, 15) is 23.3 Å². The third-order valence-corrected chi connectivity index (χ3v) is 6.00. The maximum Gasteiger partial charge on any atom is 0.282 e. The summed E-state index contributed by atoms with van der Waals surface area (Å²) in [6, 6.07) is 19.8. The van der Waals surface area contributed by atoms with Gasteiger partial charge in [-0.05, 0) is 36.4 Å². The largest absolute Gasteiger partial charge is 0.322 e. The summed E-state index contributed by atoms with van der Waals surface area (Å²) in [6.07, 6.45) is 0. The number of benzene rings is 3. The number of rotatable bonds is 6. The molecule has 0 aliphatic heterocycles. The maximum atomic E-state index is 12.9. The van der Waals surface area contributed by atoms with Crippen LogP contribution in [0.4, 0.5) is 17.1 Å². The molecule has 0 atom stereocenters. The first kappa shape index (κ1) is 20.0. The molecule has 0 saturated heterocycles. The number of nitro groups is 1. The number of para-hydroxylation sites is 2. The lowest BCUT2D eigenvalue weighted by Gasteiger charge is -2.19. The SMILES string of the molecule is CN(c1ccccc1)S(=O)(=O)c1cccc(NC(=O)c2ccccc2[N+](=O)[O-])c1. The van der Waals surface area contributed by atoms with Crippen molar-refractivity contribution in [3.8, 4) is 0 Å². The molecule has 0 heterocycles. The van der Waals surface area contributed by atoms with Crippen LogP contribution in [0, 0.1) is 10.1 Å². The minimum Gasteiger partial charge on any atom is -0.322 e. The fourth-order valence-electron chi connectivity index (χ4n) is 2.69. The zero-order valence-electron chi connectivity index (χ0n) is 15.3. The minimum absolute atomic E-state index is 0.0239. The quantitative estimate of drug-likeness (QED) is 0.492. The van der Waals surface area contributed by atoms with Crippen molar-refractivity contribution < 1.29 is 18.1 Å². The fourth-order valence-corrected chi connectivity index (χ4v) is 3.93. The molecule has 0 aliphatic carbocycles. The Morgan fingerprint density at radius 2 is 1.62 bits per heavy atom. The summed E-state index contributed by atoms with van der Waals surface area (Å²) in [6.45, 7) is 0. The van der Waals surface area contributed by atoms with Crippen LogP contribution in [0.5, 0.6) is 0 Å². The van der Waals surface area contributed by atoms with E-state index in [0.29, 0.717) is 5.69 Å². The van der Waals surface area contributed by atoms with E-state index >= 15 is 0 Å². The third kappa shape index (κ3) is 4.25. The first-order chi connectivity index (χ1) is 13.8. The van der Waals surface area contributed by atoms with E-state index in [2.05, 4.69) is 5.32 Å². The van der Waals surface area contributed by atoms with Crippen LogP contribution in [0.3, 0.4) is 0 Å². The van der Waals surface area contributed by atoms with Crippen molar-refractivity contribution in [1.82, 2.24) is 0 Å². The molecule has 148 valence electrons. The fraction of sp³-hybridized carbons (Fsp3) is 0.0500. The number of nitro benzene ring substituents is 1. The van der Waals surface area contributed by atoms with Gasteiger partial charge in [-0.3, -0.25) is 19.2 Å². The molecule has 3 aromatic rings. The summed E-state index contributed by atoms with van der Waals surface area (Å²) in [5.41, 5.74) is 0.238. The van der Waals surface area contributed by atoms with Gasteiger partial charge in [-0.1, -0.05) is 36.4 Å². The van der Waals surface area contributed by atoms with E-state index in [1.54, 1.807) is 30.3 Å². The Labute approximate surface area is 167 Å². The maximum absolute atomic E-state index is 12.9. The molecule has 0 aliphatic rings. The highest BCUT2D eigenvalue weighted by Gasteiger charge is 2.23. The molecule has 29 heavy (non-hydrogen) atoms. The van der Waals surface area contributed by atoms with Crippen LogP contribution >= 0.6 is 0 Å². The molecule has 0 unspecified atom stereocenters. The van der Waals surface area contributed by atoms with Gasteiger partial charge in [0.1, 0.15) is 5.56 Å². The molecule has 0 spiro atoms. The summed E-state index contributed by atoms with van der Waals surface area (Å²) >= 11 is 0. The van der Waals surface area contributed by atoms with Gasteiger partial charge in [-0.2, -0.15) is 0 Å². The minimum atomic E-state index is -3.86. The standard InChI is InChI=1S/C20H17N3O5S/c1-22(16-9-3-2-4-10-16)29(27,28)17-11-7-8-15(14-17)21-20(24)18-12-5-6-13-19(18)23(25)26/h2-14H,1H3,(H,21,24). The van der Waals surface area contributed by atoms with Crippen LogP contribution in [0.15, 0.2) is 83.8 Å². The van der Waals surface area contributed by atoms with Crippen LogP contribution in [0.1, 0.15) is 10.4 Å². The predicted molar refractivity (Wildman–Crippen MR) is 110 cm³/mol. The Morgan fingerprint density at radius 1 is 0.966 bits per heavy atom. The number of nitrogens with one attached hydrogen (secondary N) is 1. The molecule has 8 nitrogen and oxygen atoms in total. The lowest BCUT2D eigenvalue weighted by molar-refractivity contribution is -0.385. The Kier molecular flexibility index (Phi) is 5.60. The van der Waals surface area contributed by atoms with Crippen LogP contribution in [-0.2, 0) is 10.0 Å². The number of nitrogens with zero attached hydrogens (tertiary/aromatic N) is 2. The first-order valence-corrected chi connectivity index (χ1v) is 9.93. The van der Waals surface area contributed by atoms with Gasteiger partial charge < -0.3 is 5.32 Å². The van der Waals surface area contributed by atoms with Gasteiger partial charge in [0.05, 0.1) is 15.5 Å². The number of carbonyl (C=O) groups is 1. The van der Waals surface area contributed by atoms with Crippen molar-refractivity contribution in [1.29, 1.82) is 0 Å². The summed E-state index contributed by atoms with van der Waals surface area (Å²) in [5, 5.41) is 13.6. The number of hydrogen-bond donors (Lipinski definition) is 1. The Balaban J connectivity index is 1.89. The van der Waals surface area contributed by atoms with Gasteiger partial charge in [0.2, 0.25) is 0 Å². The van der Waals surface area contributed by atoms with Crippen LogP contribution in [0.25, 0.3) is 0 Å². The lowest BCUT2D eigenvalue weighted by atomic mass is 10.1. The highest BCUT2D eigenvalue weighted by Crippen LogP contribution is 2.25. The van der Waals surface area contributed by atoms with Gasteiger partial charge in [0, 0.05) is 18.8 Å². The van der Waals surface area contributed by atoms with Gasteiger partial charge in [-0.25, -0.2) is 8.42 Å². The molecule has 0 bridgehead atoms. The van der Waals surface area contributed by atoms with E-state index in [-0.39, 0.29) is 21.8 Å². The molecule has 0 radical (unpaired) electrons. The van der Waals surface area contributed by atoms with E-state index in [0.717, 1.165) is 4.31 Å². The second kappa shape index (κ2) is 8.11. The average molecular weight is 411 g/mol. The van der Waals surface area contributed by atoms with E-state index in [1.165, 1.54) is 55.6 Å². The monoisotopic (exact) mass is 411 g/mol. The van der Waals surface area contributed by atoms with Crippen molar-refractivity contribution >= 4 is 33.0 Å². The molecule has 1 amide bonds. The molecule has 9 heteroatoms. The number of amides is 1. The predicted octanol–water partition coefficient (Wildman–Crippen LogP) is 3.67. The van der Waals surface area contributed by atoms with E-state index in [1.807, 2.05) is 0 Å². The topological polar surface area (TPSA) is 110 Å². The molecule has 3 aromatic carbocycles. The number of sulfonamides is 1. The summed E-state index contributed by atoms with van der Waals surface area (Å²) in [4.78, 5) is 22.9. The van der Waals surface area contributed by atoms with Crippen molar-refractivity contribution in [2.45, 2.75) is 4.90 Å². The van der Waals surface area contributed by atoms with Gasteiger partial charge in [0.15, 0.2) is 0 Å². The smallest absolute Gasteiger partial charge is 0.282 e. The highest BCUT2D eigenvalue weighted by molar-refractivity contribution is 7.92. The lowest BCUT2D eigenvalue weighted by Crippen LogP contribution is -2.26. The summed E-state index contributed by atoms with van der Waals surface area (Å²) < 4.78 is 27.0. The summed E-state index contributed by atoms with van der Waals surface area (Å²) in [7, 11) is -2.43. The molecule has 0 aromatic heterocycles. The normalized spacial score (nSPS) is 10.9. The second-order valence-electron chi connectivity index (χ2n) is 6.06. The van der Waals surface area contributed by atoms with Gasteiger partial charge in [-0.15, -0.1) is 0 Å². The van der Waals surface area contributed by atoms with Crippen molar-refractivity contribution in [3.05, 3.63) is 94.5 Å². The van der Waals surface area contributed by atoms with E-state index in [4.69, 9.17) is 0 Å². The van der Waals surface area contributed by atoms with Crippen molar-refractivity contribution in [2.75, 3.05) is 16.7 Å². The molecular formula is C20H17N3O5S. The number of carbonyl (C=O) groups excluding carboxylic acids is 1. The molecular weight excluding hydrogens is 394 g/mol. The average Bonchev–Trinajstić information content (AvgIpc) is 2.74. The number of hydrogen-bond acceptors (Lipinski definition) is 5. The Bertz CT molecular complexity index is 1160. The van der Waals surface area contributed by atoms with Crippen LogP contribution in [0.2, 0.25) is 0 Å². The zero-order chi connectivity index (χ0) is 21.0. The summed E-state index contributed by atoms with van der Waals surface area (Å²) in [5.74, 6) is -0.705. The van der Waals surface area contributed by atoms with Crippen LogP contribution < -0.4 is 9.62 Å². The Hall–Kier alpha value is -3.72. The zero-order valence-corrected chi connectivity index (χ0v) is 16.2. The third-order valence-electron chi connectivity index (χ3n) is 4.22. The Morgan fingerprint density at radius 3 is 2.31 bits per heavy atom. The van der Waals surface area contributed by atoms with Crippen molar-refractivity contribution in [2.24, 2.45) is 0 Å². The number of anilines is 2. The van der Waals surface area contributed by atoms with Crippen molar-refractivity contribution in [3.63, 3.8) is 0 Å². The van der Waals surface area contributed by atoms with Gasteiger partial charge in [0.25, 0.3) is 21.6 Å².